The van der Waals surface area contributed by atoms with E-state index in [1.165, 1.54) is 18.2 Å². The van der Waals surface area contributed by atoms with Gasteiger partial charge in [0, 0.05) is 35.7 Å². The molecule has 24 heavy (non-hydrogen) atoms. The lowest BCUT2D eigenvalue weighted by atomic mass is 10.0. The van der Waals surface area contributed by atoms with Gasteiger partial charge in [0.15, 0.2) is 6.29 Å². The molecule has 1 aliphatic heterocycles. The fraction of sp³-hybridized carbons (Fsp3) is 0.333. The van der Waals surface area contributed by atoms with E-state index in [-0.39, 0.29) is 18.3 Å². The molecule has 0 atom stereocenters. The Labute approximate surface area is 144 Å². The van der Waals surface area contributed by atoms with Gasteiger partial charge in [-0.2, -0.15) is 0 Å². The van der Waals surface area contributed by atoms with E-state index in [4.69, 9.17) is 21.1 Å². The monoisotopic (exact) mass is 353 g/mol. The van der Waals surface area contributed by atoms with Crippen LogP contribution in [0.3, 0.4) is 0 Å². The minimum atomic E-state index is -0.561. The lowest BCUT2D eigenvalue weighted by Crippen LogP contribution is -2.15. The third kappa shape index (κ3) is 4.23. The summed E-state index contributed by atoms with van der Waals surface area (Å²) in [6, 6.07) is 9.14. The molecular formula is C18H18ClF2NO2. The first-order valence-electron chi connectivity index (χ1n) is 7.82. The first kappa shape index (κ1) is 17.1. The summed E-state index contributed by atoms with van der Waals surface area (Å²) in [5, 5.41) is 3.79. The minimum absolute atomic E-state index is 0.0327. The van der Waals surface area contributed by atoms with Crippen LogP contribution in [-0.4, -0.2) is 26.0 Å². The predicted molar refractivity (Wildman–Crippen MR) is 89.4 cm³/mol. The third-order valence-corrected chi connectivity index (χ3v) is 4.12. The number of benzene rings is 2. The van der Waals surface area contributed by atoms with Crippen molar-refractivity contribution in [3.8, 4) is 0 Å². The average Bonchev–Trinajstić information content (AvgIpc) is 3.06. The lowest BCUT2D eigenvalue weighted by Gasteiger charge is -2.15. The maximum absolute atomic E-state index is 13.9. The lowest BCUT2D eigenvalue weighted by molar-refractivity contribution is -0.0439. The van der Waals surface area contributed by atoms with Crippen LogP contribution in [0, 0.1) is 11.6 Å². The second-order valence-corrected chi connectivity index (χ2v) is 6.00. The zero-order valence-electron chi connectivity index (χ0n) is 13.0. The molecule has 0 saturated carbocycles. The summed E-state index contributed by atoms with van der Waals surface area (Å²) in [6.45, 7) is 1.85. The fourth-order valence-electron chi connectivity index (χ4n) is 2.67. The number of rotatable bonds is 6. The number of halogens is 3. The zero-order chi connectivity index (χ0) is 16.9. The summed E-state index contributed by atoms with van der Waals surface area (Å²) < 4.78 is 38.6. The van der Waals surface area contributed by atoms with Gasteiger partial charge in [-0.3, -0.25) is 0 Å². The summed E-state index contributed by atoms with van der Waals surface area (Å²) in [5.41, 5.74) is 1.56. The van der Waals surface area contributed by atoms with Gasteiger partial charge in [-0.25, -0.2) is 8.78 Å². The summed E-state index contributed by atoms with van der Waals surface area (Å²) in [5.74, 6) is -1.12. The quantitative estimate of drug-likeness (QED) is 0.835. The molecule has 1 aliphatic rings. The molecule has 1 N–H and O–H groups in total. The van der Waals surface area contributed by atoms with Crippen LogP contribution in [0.25, 0.3) is 0 Å². The third-order valence-electron chi connectivity index (χ3n) is 3.88. The Morgan fingerprint density at radius 1 is 1.08 bits per heavy atom. The summed E-state index contributed by atoms with van der Waals surface area (Å²) in [6.07, 6.45) is 0.616. The van der Waals surface area contributed by atoms with Gasteiger partial charge >= 0.3 is 0 Å². The first-order valence-corrected chi connectivity index (χ1v) is 8.19. The summed E-state index contributed by atoms with van der Waals surface area (Å²) in [4.78, 5) is 0. The van der Waals surface area contributed by atoms with Crippen molar-refractivity contribution in [2.24, 2.45) is 0 Å². The highest BCUT2D eigenvalue weighted by Crippen LogP contribution is 2.26. The fourth-order valence-corrected chi connectivity index (χ4v) is 2.87. The molecule has 1 heterocycles. The molecule has 0 amide bonds. The van der Waals surface area contributed by atoms with E-state index in [2.05, 4.69) is 5.32 Å². The van der Waals surface area contributed by atoms with E-state index in [1.807, 2.05) is 6.07 Å². The van der Waals surface area contributed by atoms with Gasteiger partial charge in [0.25, 0.3) is 0 Å². The Hall–Kier alpha value is -1.69. The van der Waals surface area contributed by atoms with E-state index in [1.54, 1.807) is 12.1 Å². The van der Waals surface area contributed by atoms with Gasteiger partial charge in [-0.1, -0.05) is 17.7 Å². The molecule has 1 saturated heterocycles. The number of ether oxygens (including phenoxy) is 2. The smallest absolute Gasteiger partial charge is 0.159 e. The topological polar surface area (TPSA) is 30.5 Å². The molecule has 0 unspecified atom stereocenters. The molecule has 0 radical (unpaired) electrons. The van der Waals surface area contributed by atoms with E-state index in [9.17, 15) is 8.78 Å². The van der Waals surface area contributed by atoms with Crippen molar-refractivity contribution in [1.29, 1.82) is 0 Å². The largest absolute Gasteiger partial charge is 0.385 e. The first-order chi connectivity index (χ1) is 11.6. The molecule has 0 spiro atoms. The molecule has 0 bridgehead atoms. The molecule has 2 aromatic carbocycles. The summed E-state index contributed by atoms with van der Waals surface area (Å²) >= 11 is 6.04. The zero-order valence-corrected chi connectivity index (χ0v) is 13.8. The van der Waals surface area contributed by atoms with Crippen LogP contribution in [0.1, 0.15) is 17.5 Å². The van der Waals surface area contributed by atoms with Crippen LogP contribution in [-0.2, 0) is 15.9 Å². The van der Waals surface area contributed by atoms with Crippen LogP contribution in [0.5, 0.6) is 0 Å². The van der Waals surface area contributed by atoms with Crippen molar-refractivity contribution in [1.82, 2.24) is 0 Å². The Morgan fingerprint density at radius 2 is 1.79 bits per heavy atom. The van der Waals surface area contributed by atoms with E-state index in [0.29, 0.717) is 31.2 Å². The molecule has 6 heteroatoms. The molecular weight excluding hydrogens is 336 g/mol. The highest BCUT2D eigenvalue weighted by Gasteiger charge is 2.16. The van der Waals surface area contributed by atoms with Gasteiger partial charge in [-0.05, 0) is 35.9 Å². The van der Waals surface area contributed by atoms with Crippen LogP contribution < -0.4 is 5.32 Å². The molecule has 128 valence electrons. The van der Waals surface area contributed by atoms with Gasteiger partial charge in [0.2, 0.25) is 0 Å². The number of hydrogen-bond donors (Lipinski definition) is 1. The molecule has 3 rings (SSSR count). The van der Waals surface area contributed by atoms with Crippen molar-refractivity contribution in [3.63, 3.8) is 0 Å². The highest BCUT2D eigenvalue weighted by molar-refractivity contribution is 6.30. The van der Waals surface area contributed by atoms with Crippen LogP contribution in [0.15, 0.2) is 36.4 Å². The van der Waals surface area contributed by atoms with Crippen molar-refractivity contribution in [2.45, 2.75) is 19.1 Å². The van der Waals surface area contributed by atoms with E-state index < -0.39 is 11.6 Å². The molecule has 0 aliphatic carbocycles. The van der Waals surface area contributed by atoms with Crippen LogP contribution in [0.4, 0.5) is 14.5 Å². The molecule has 1 fully saturated rings. The van der Waals surface area contributed by atoms with Crippen molar-refractivity contribution in [2.75, 3.05) is 25.1 Å². The number of nitrogens with one attached hydrogen (secondary N) is 1. The van der Waals surface area contributed by atoms with Gasteiger partial charge in [0.1, 0.15) is 11.6 Å². The summed E-state index contributed by atoms with van der Waals surface area (Å²) in [7, 11) is 0. The molecule has 2 aromatic rings. The van der Waals surface area contributed by atoms with Crippen LogP contribution >= 0.6 is 11.6 Å². The van der Waals surface area contributed by atoms with Crippen LogP contribution in [0.2, 0.25) is 5.02 Å². The van der Waals surface area contributed by atoms with Gasteiger partial charge < -0.3 is 14.8 Å². The maximum Gasteiger partial charge on any atom is 0.159 e. The van der Waals surface area contributed by atoms with Gasteiger partial charge in [0.05, 0.1) is 13.2 Å². The molecule has 0 aromatic heterocycles. The van der Waals surface area contributed by atoms with Crippen molar-refractivity contribution >= 4 is 17.3 Å². The average molecular weight is 354 g/mol. The number of hydrogen-bond acceptors (Lipinski definition) is 3. The normalized spacial score (nSPS) is 15.0. The van der Waals surface area contributed by atoms with Crippen molar-refractivity contribution < 1.29 is 18.3 Å². The second-order valence-electron chi connectivity index (χ2n) is 5.57. The Morgan fingerprint density at radius 3 is 2.50 bits per heavy atom. The van der Waals surface area contributed by atoms with E-state index >= 15 is 0 Å². The predicted octanol–water partition coefficient (Wildman–Crippen LogP) is 4.38. The highest BCUT2D eigenvalue weighted by atomic mass is 35.5. The Balaban J connectivity index is 1.73. The van der Waals surface area contributed by atoms with Gasteiger partial charge in [-0.15, -0.1) is 0 Å². The molecule has 3 nitrogen and oxygen atoms in total. The standard InChI is InChI=1S/C18H18ClF2NO2/c19-13-4-5-17(22-7-6-18-23-8-9-24-18)12(10-13)11-14-15(20)2-1-3-16(14)21/h1-5,10,18,22H,6-9,11H2. The Kier molecular flexibility index (Phi) is 5.66. The number of anilines is 1. The second kappa shape index (κ2) is 7.92. The van der Waals surface area contributed by atoms with Crippen molar-refractivity contribution in [3.05, 3.63) is 64.2 Å². The maximum atomic E-state index is 13.9. The Bertz CT molecular complexity index is 685. The SMILES string of the molecule is Fc1cccc(F)c1Cc1cc(Cl)ccc1NCCC1OCCO1. The van der Waals surface area contributed by atoms with E-state index in [0.717, 1.165) is 11.3 Å². The minimum Gasteiger partial charge on any atom is -0.385 e.